The highest BCUT2D eigenvalue weighted by atomic mass is 31.2. The van der Waals surface area contributed by atoms with Crippen molar-refractivity contribution in [3.05, 3.63) is 11.4 Å². The summed E-state index contributed by atoms with van der Waals surface area (Å²) in [6, 6.07) is -0.0388. The van der Waals surface area contributed by atoms with Crippen LogP contribution in [0.2, 0.25) is 0 Å². The zero-order valence-electron chi connectivity index (χ0n) is 15.0. The third-order valence-electron chi connectivity index (χ3n) is 4.10. The minimum absolute atomic E-state index is 0.00146. The van der Waals surface area contributed by atoms with E-state index in [-0.39, 0.29) is 36.5 Å². The molecule has 0 amide bonds. The van der Waals surface area contributed by atoms with Crippen LogP contribution in [0.15, 0.2) is 0 Å². The first-order valence-electron chi connectivity index (χ1n) is 8.14. The summed E-state index contributed by atoms with van der Waals surface area (Å²) >= 11 is 0. The minimum atomic E-state index is -1.06. The smallest absolute Gasteiger partial charge is 0.238 e. The van der Waals surface area contributed by atoms with Gasteiger partial charge < -0.3 is 28.1 Å². The van der Waals surface area contributed by atoms with Gasteiger partial charge in [-0.25, -0.2) is 6.57 Å². The predicted molar refractivity (Wildman–Crippen MR) is 93.4 cm³/mol. The molecule has 8 heteroatoms. The fourth-order valence-corrected chi connectivity index (χ4v) is 3.52. The Balaban J connectivity index is 2.67. The minimum Gasteiger partial charge on any atom is -0.379 e. The average molecular weight is 345 g/mol. The van der Waals surface area contributed by atoms with Gasteiger partial charge in [-0.3, -0.25) is 0 Å². The Morgan fingerprint density at radius 1 is 1.30 bits per heavy atom. The summed E-state index contributed by atoms with van der Waals surface area (Å²) < 4.78 is 29.2. The topological polar surface area (TPSA) is 50.5 Å². The van der Waals surface area contributed by atoms with Crippen molar-refractivity contribution in [3.8, 4) is 0 Å². The maximum Gasteiger partial charge on any atom is 0.238 e. The molecule has 0 bridgehead atoms. The van der Waals surface area contributed by atoms with E-state index in [1.54, 1.807) is 7.11 Å². The fourth-order valence-electron chi connectivity index (χ4n) is 2.52. The molecular weight excluding hydrogens is 316 g/mol. The van der Waals surface area contributed by atoms with Crippen LogP contribution in [0, 0.1) is 6.57 Å². The Kier molecular flexibility index (Phi) is 9.61. The monoisotopic (exact) mass is 345 g/mol. The van der Waals surface area contributed by atoms with E-state index in [9.17, 15) is 0 Å². The van der Waals surface area contributed by atoms with Crippen LogP contribution in [-0.2, 0) is 23.3 Å². The first-order chi connectivity index (χ1) is 10.9. The normalized spacial score (nSPS) is 31.5. The molecular formula is C15H29BNO5P. The molecule has 1 aliphatic heterocycles. The third kappa shape index (κ3) is 6.30. The van der Waals surface area contributed by atoms with Gasteiger partial charge in [-0.15, -0.1) is 0 Å². The predicted octanol–water partition coefficient (Wildman–Crippen LogP) is 1.83. The number of hydrogen-bond acceptors (Lipinski definition) is 5. The van der Waals surface area contributed by atoms with Gasteiger partial charge in [-0.05, 0) is 20.3 Å². The maximum absolute atomic E-state index is 6.79. The molecule has 1 fully saturated rings. The molecule has 0 aromatic heterocycles. The van der Waals surface area contributed by atoms with Gasteiger partial charge in [-0.2, -0.15) is 0 Å². The highest BCUT2D eigenvalue weighted by molar-refractivity contribution is 7.46. The van der Waals surface area contributed by atoms with Gasteiger partial charge in [0, 0.05) is 13.8 Å². The second-order valence-corrected chi connectivity index (χ2v) is 7.11. The van der Waals surface area contributed by atoms with Crippen LogP contribution in [0.25, 0.3) is 4.85 Å². The Hall–Kier alpha value is -0.215. The molecule has 1 aliphatic rings. The summed E-state index contributed by atoms with van der Waals surface area (Å²) in [4.78, 5) is 3.28. The summed E-state index contributed by atoms with van der Waals surface area (Å²) in [6.07, 6.45) is 0.487. The molecule has 2 unspecified atom stereocenters. The lowest BCUT2D eigenvalue weighted by molar-refractivity contribution is -0.100. The van der Waals surface area contributed by atoms with Crippen molar-refractivity contribution in [2.45, 2.75) is 63.7 Å². The van der Waals surface area contributed by atoms with E-state index in [2.05, 4.69) is 11.8 Å². The third-order valence-corrected chi connectivity index (χ3v) is 5.18. The molecule has 0 N–H and O–H groups in total. The Bertz CT molecular complexity index is 383. The number of methoxy groups -OCH3 is 1. The van der Waals surface area contributed by atoms with Crippen LogP contribution in [0.4, 0.5) is 0 Å². The average Bonchev–Trinajstić information content (AvgIpc) is 2.82. The highest BCUT2D eigenvalue weighted by Gasteiger charge is 2.45. The van der Waals surface area contributed by atoms with Crippen LogP contribution in [0.5, 0.6) is 0 Å². The van der Waals surface area contributed by atoms with Gasteiger partial charge >= 0.3 is 0 Å². The molecule has 1 saturated heterocycles. The van der Waals surface area contributed by atoms with Gasteiger partial charge in [0.15, 0.2) is 8.38 Å². The first-order valence-corrected chi connectivity index (χ1v) is 9.77. The molecule has 1 rings (SSSR count). The number of hydrogen-bond donors (Lipinski definition) is 0. The molecule has 0 radical (unpaired) electrons. The lowest BCUT2D eigenvalue weighted by Crippen LogP contribution is -2.41. The van der Waals surface area contributed by atoms with Crippen LogP contribution >= 0.6 is 8.38 Å². The first kappa shape index (κ1) is 20.8. The van der Waals surface area contributed by atoms with Crippen molar-refractivity contribution >= 4 is 16.2 Å². The molecule has 0 spiro atoms. The van der Waals surface area contributed by atoms with Crippen molar-refractivity contribution in [2.24, 2.45) is 0 Å². The van der Waals surface area contributed by atoms with Crippen molar-refractivity contribution in [3.63, 3.8) is 0 Å². The van der Waals surface area contributed by atoms with Gasteiger partial charge in [0.1, 0.15) is 26.7 Å². The SMILES string of the molecule is B[C@@H]1O[C@H](CC)[C@H](OP(C)OCC[N+]#[C-])C1O[C@H](C)[C@H](C)OC. The van der Waals surface area contributed by atoms with Gasteiger partial charge in [-0.1, -0.05) is 6.92 Å². The van der Waals surface area contributed by atoms with E-state index in [4.69, 9.17) is 29.8 Å². The Morgan fingerprint density at radius 2 is 2.00 bits per heavy atom. The number of rotatable bonds is 10. The van der Waals surface area contributed by atoms with Crippen molar-refractivity contribution in [1.29, 1.82) is 0 Å². The second-order valence-electron chi connectivity index (χ2n) is 5.76. The molecule has 132 valence electrons. The molecule has 0 saturated carbocycles. The van der Waals surface area contributed by atoms with Gasteiger partial charge in [0.05, 0.1) is 24.3 Å². The van der Waals surface area contributed by atoms with E-state index >= 15 is 0 Å². The van der Waals surface area contributed by atoms with Crippen LogP contribution in [0.3, 0.4) is 0 Å². The van der Waals surface area contributed by atoms with Crippen molar-refractivity contribution < 1.29 is 23.3 Å². The second kappa shape index (κ2) is 10.6. The molecule has 23 heavy (non-hydrogen) atoms. The summed E-state index contributed by atoms with van der Waals surface area (Å²) in [5.74, 6) is 0. The van der Waals surface area contributed by atoms with Crippen molar-refractivity contribution in [2.75, 3.05) is 26.9 Å². The number of nitrogens with zero attached hydrogens (tertiary/aromatic N) is 1. The lowest BCUT2D eigenvalue weighted by atomic mass is 9.92. The molecule has 1 heterocycles. The maximum atomic E-state index is 6.79. The standard InChI is InChI=1S/C15H29BNO5P/c1-7-12-13(22-23(6)19-9-8-17-4)14(15(16)21-12)20-11(3)10(2)18-5/h10-15H,7-9,16H2,1-3,5-6H3/t10-,11+,12+,13-,14?,15+,23?/m0/s1. The van der Waals surface area contributed by atoms with E-state index in [0.717, 1.165) is 6.42 Å². The molecule has 0 aromatic rings. The van der Waals surface area contributed by atoms with Crippen LogP contribution in [-0.4, -0.2) is 71.3 Å². The molecule has 6 nitrogen and oxygen atoms in total. The molecule has 0 aromatic carbocycles. The van der Waals surface area contributed by atoms with E-state index in [1.165, 1.54) is 0 Å². The largest absolute Gasteiger partial charge is 0.379 e. The van der Waals surface area contributed by atoms with Crippen LogP contribution < -0.4 is 0 Å². The van der Waals surface area contributed by atoms with Crippen LogP contribution in [0.1, 0.15) is 27.2 Å². The van der Waals surface area contributed by atoms with Crippen molar-refractivity contribution in [1.82, 2.24) is 0 Å². The van der Waals surface area contributed by atoms with E-state index in [1.807, 2.05) is 28.4 Å². The molecule has 0 aliphatic carbocycles. The summed E-state index contributed by atoms with van der Waals surface area (Å²) in [5, 5.41) is 0. The zero-order valence-corrected chi connectivity index (χ0v) is 15.9. The van der Waals surface area contributed by atoms with Gasteiger partial charge in [0.25, 0.3) is 0 Å². The molecule has 7 atom stereocenters. The van der Waals surface area contributed by atoms with E-state index < -0.39 is 8.38 Å². The van der Waals surface area contributed by atoms with E-state index in [0.29, 0.717) is 13.2 Å². The highest BCUT2D eigenvalue weighted by Crippen LogP contribution is 2.41. The quantitative estimate of drug-likeness (QED) is 0.262. The lowest BCUT2D eigenvalue weighted by Gasteiger charge is -2.30. The Morgan fingerprint density at radius 3 is 2.57 bits per heavy atom. The summed E-state index contributed by atoms with van der Waals surface area (Å²) in [6.45, 7) is 15.5. The zero-order chi connectivity index (χ0) is 17.4. The summed E-state index contributed by atoms with van der Waals surface area (Å²) in [7, 11) is 2.63. The fraction of sp³-hybridized carbons (Fsp3) is 0.933. The van der Waals surface area contributed by atoms with Gasteiger partial charge in [0.2, 0.25) is 6.54 Å². The summed E-state index contributed by atoms with van der Waals surface area (Å²) in [5.41, 5.74) is 0. The Labute approximate surface area is 142 Å². The number of ether oxygens (including phenoxy) is 3.